The fourth-order valence-electron chi connectivity index (χ4n) is 2.55. The molecule has 2 aliphatic heterocycles. The average molecular weight is 265 g/mol. The van der Waals surface area contributed by atoms with Crippen molar-refractivity contribution in [3.63, 3.8) is 0 Å². The van der Waals surface area contributed by atoms with E-state index in [-0.39, 0.29) is 6.04 Å². The van der Waals surface area contributed by atoms with Crippen LogP contribution in [0.1, 0.15) is 30.9 Å². The lowest BCUT2D eigenvalue weighted by molar-refractivity contribution is 0.293. The SMILES string of the molecule is Clc1ccccc1C1COC(C2CCCCN2)=N1. The number of nitrogens with one attached hydrogen (secondary N) is 1. The first-order valence-electron chi connectivity index (χ1n) is 6.53. The lowest BCUT2D eigenvalue weighted by Gasteiger charge is -2.22. The van der Waals surface area contributed by atoms with E-state index in [1.165, 1.54) is 12.8 Å². The van der Waals surface area contributed by atoms with E-state index in [1.807, 2.05) is 24.3 Å². The monoisotopic (exact) mass is 264 g/mol. The summed E-state index contributed by atoms with van der Waals surface area (Å²) in [5.74, 6) is 0.861. The van der Waals surface area contributed by atoms with Gasteiger partial charge in [-0.15, -0.1) is 0 Å². The topological polar surface area (TPSA) is 33.6 Å². The van der Waals surface area contributed by atoms with Gasteiger partial charge < -0.3 is 10.1 Å². The van der Waals surface area contributed by atoms with Crippen molar-refractivity contribution in [3.05, 3.63) is 34.9 Å². The summed E-state index contributed by atoms with van der Waals surface area (Å²) in [5.41, 5.74) is 1.06. The normalized spacial score (nSPS) is 27.7. The van der Waals surface area contributed by atoms with Crippen LogP contribution in [-0.4, -0.2) is 25.1 Å². The van der Waals surface area contributed by atoms with Crippen LogP contribution in [0.25, 0.3) is 0 Å². The van der Waals surface area contributed by atoms with Gasteiger partial charge in [0.25, 0.3) is 0 Å². The first-order chi connectivity index (χ1) is 8.84. The van der Waals surface area contributed by atoms with Gasteiger partial charge in [-0.1, -0.05) is 36.2 Å². The molecular weight excluding hydrogens is 248 g/mol. The van der Waals surface area contributed by atoms with Crippen LogP contribution in [-0.2, 0) is 4.74 Å². The van der Waals surface area contributed by atoms with Crippen LogP contribution < -0.4 is 5.32 Å². The summed E-state index contributed by atoms with van der Waals surface area (Å²) in [5, 5.41) is 4.23. The minimum atomic E-state index is 0.0532. The van der Waals surface area contributed by atoms with Gasteiger partial charge in [0.05, 0.1) is 6.04 Å². The van der Waals surface area contributed by atoms with Crippen LogP contribution in [0.2, 0.25) is 5.02 Å². The molecule has 1 aromatic carbocycles. The Kier molecular flexibility index (Phi) is 3.52. The molecular formula is C14H17ClN2O. The van der Waals surface area contributed by atoms with E-state index in [9.17, 15) is 0 Å². The number of benzene rings is 1. The first kappa shape index (κ1) is 12.0. The second kappa shape index (κ2) is 5.29. The maximum absolute atomic E-state index is 6.20. The Hall–Kier alpha value is -1.06. The van der Waals surface area contributed by atoms with Crippen LogP contribution in [0.5, 0.6) is 0 Å². The highest BCUT2D eigenvalue weighted by Crippen LogP contribution is 2.30. The van der Waals surface area contributed by atoms with Gasteiger partial charge in [0.2, 0.25) is 5.90 Å². The van der Waals surface area contributed by atoms with E-state index in [2.05, 4.69) is 5.32 Å². The van der Waals surface area contributed by atoms with Gasteiger partial charge in [-0.3, -0.25) is 0 Å². The number of piperidine rings is 1. The van der Waals surface area contributed by atoms with Crippen molar-refractivity contribution in [2.45, 2.75) is 31.3 Å². The van der Waals surface area contributed by atoms with E-state index < -0.39 is 0 Å². The van der Waals surface area contributed by atoms with Crippen molar-refractivity contribution in [3.8, 4) is 0 Å². The lowest BCUT2D eigenvalue weighted by Crippen LogP contribution is -2.40. The molecule has 0 aromatic heterocycles. The number of ether oxygens (including phenoxy) is 1. The molecule has 2 aliphatic rings. The highest BCUT2D eigenvalue weighted by molar-refractivity contribution is 6.31. The summed E-state index contributed by atoms with van der Waals surface area (Å²) in [7, 11) is 0. The predicted molar refractivity (Wildman–Crippen MR) is 73.2 cm³/mol. The molecule has 3 rings (SSSR count). The minimum absolute atomic E-state index is 0.0532. The third-order valence-corrected chi connectivity index (χ3v) is 3.89. The molecule has 0 amide bonds. The standard InChI is InChI=1S/C14H17ClN2O/c15-11-6-2-1-5-10(11)13-9-18-14(17-13)12-7-3-4-8-16-12/h1-2,5-6,12-13,16H,3-4,7-9H2. The predicted octanol–water partition coefficient (Wildman–Crippen LogP) is 2.95. The van der Waals surface area contributed by atoms with Crippen LogP contribution in [0.4, 0.5) is 0 Å². The third-order valence-electron chi connectivity index (χ3n) is 3.54. The van der Waals surface area contributed by atoms with Crippen molar-refractivity contribution in [1.29, 1.82) is 0 Å². The molecule has 0 radical (unpaired) electrons. The molecule has 2 unspecified atom stereocenters. The van der Waals surface area contributed by atoms with Crippen molar-refractivity contribution in [2.75, 3.05) is 13.2 Å². The molecule has 1 saturated heterocycles. The summed E-state index contributed by atoms with van der Waals surface area (Å²) in [6, 6.07) is 8.21. The van der Waals surface area contributed by atoms with Crippen LogP contribution >= 0.6 is 11.6 Å². The number of hydrogen-bond donors (Lipinski definition) is 1. The van der Waals surface area contributed by atoms with Crippen molar-refractivity contribution in [2.24, 2.45) is 4.99 Å². The number of rotatable bonds is 2. The smallest absolute Gasteiger partial charge is 0.201 e. The Labute approximate surface area is 112 Å². The molecule has 4 heteroatoms. The Morgan fingerprint density at radius 2 is 2.17 bits per heavy atom. The molecule has 18 heavy (non-hydrogen) atoms. The number of hydrogen-bond acceptors (Lipinski definition) is 3. The summed E-state index contributed by atoms with van der Waals surface area (Å²) in [6.07, 6.45) is 3.61. The zero-order valence-corrected chi connectivity index (χ0v) is 11.0. The van der Waals surface area contributed by atoms with Gasteiger partial charge in [-0.2, -0.15) is 0 Å². The van der Waals surface area contributed by atoms with Gasteiger partial charge in [0, 0.05) is 5.02 Å². The Balaban J connectivity index is 1.77. The van der Waals surface area contributed by atoms with E-state index in [0.717, 1.165) is 29.4 Å². The fourth-order valence-corrected chi connectivity index (χ4v) is 2.81. The number of aliphatic imine (C=N–C) groups is 1. The zero-order chi connectivity index (χ0) is 12.4. The second-order valence-corrected chi connectivity index (χ2v) is 5.23. The molecule has 0 aliphatic carbocycles. The number of nitrogens with zero attached hydrogens (tertiary/aromatic N) is 1. The summed E-state index contributed by atoms with van der Waals surface area (Å²) < 4.78 is 5.74. The third kappa shape index (κ3) is 2.38. The van der Waals surface area contributed by atoms with Crippen molar-refractivity contribution < 1.29 is 4.74 Å². The fraction of sp³-hybridized carbons (Fsp3) is 0.500. The highest BCUT2D eigenvalue weighted by Gasteiger charge is 2.28. The van der Waals surface area contributed by atoms with E-state index >= 15 is 0 Å². The maximum Gasteiger partial charge on any atom is 0.201 e. The van der Waals surface area contributed by atoms with Crippen molar-refractivity contribution >= 4 is 17.5 Å². The minimum Gasteiger partial charge on any atom is -0.477 e. The molecule has 0 saturated carbocycles. The van der Waals surface area contributed by atoms with Crippen LogP contribution in [0.15, 0.2) is 29.3 Å². The largest absolute Gasteiger partial charge is 0.477 e. The van der Waals surface area contributed by atoms with E-state index in [1.54, 1.807) is 0 Å². The van der Waals surface area contributed by atoms with E-state index in [4.69, 9.17) is 21.3 Å². The van der Waals surface area contributed by atoms with Gasteiger partial charge >= 0.3 is 0 Å². The van der Waals surface area contributed by atoms with Gasteiger partial charge in [-0.05, 0) is 31.0 Å². The van der Waals surface area contributed by atoms with Gasteiger partial charge in [0.1, 0.15) is 12.6 Å². The van der Waals surface area contributed by atoms with Gasteiger partial charge in [0.15, 0.2) is 0 Å². The molecule has 0 bridgehead atoms. The lowest BCUT2D eigenvalue weighted by atomic mass is 10.1. The average Bonchev–Trinajstić information content (AvgIpc) is 2.90. The van der Waals surface area contributed by atoms with Crippen molar-refractivity contribution in [1.82, 2.24) is 5.32 Å². The van der Waals surface area contributed by atoms with Gasteiger partial charge in [-0.25, -0.2) is 4.99 Å². The molecule has 1 fully saturated rings. The maximum atomic E-state index is 6.20. The Bertz CT molecular complexity index is 455. The summed E-state index contributed by atoms with van der Waals surface area (Å²) >= 11 is 6.20. The molecule has 1 N–H and O–H groups in total. The molecule has 3 nitrogen and oxygen atoms in total. The highest BCUT2D eigenvalue weighted by atomic mass is 35.5. The molecule has 2 heterocycles. The number of halogens is 1. The first-order valence-corrected chi connectivity index (χ1v) is 6.90. The molecule has 96 valence electrons. The molecule has 2 atom stereocenters. The quantitative estimate of drug-likeness (QED) is 0.891. The van der Waals surface area contributed by atoms with E-state index in [0.29, 0.717) is 12.6 Å². The second-order valence-electron chi connectivity index (χ2n) is 4.82. The van der Waals surface area contributed by atoms with Crippen LogP contribution in [0.3, 0.4) is 0 Å². The summed E-state index contributed by atoms with van der Waals surface area (Å²) in [4.78, 5) is 4.69. The van der Waals surface area contributed by atoms with Crippen LogP contribution in [0, 0.1) is 0 Å². The zero-order valence-electron chi connectivity index (χ0n) is 10.2. The Morgan fingerprint density at radius 1 is 1.28 bits per heavy atom. The molecule has 1 aromatic rings. The molecule has 0 spiro atoms. The Morgan fingerprint density at radius 3 is 2.94 bits per heavy atom. The summed E-state index contributed by atoms with van der Waals surface area (Å²) in [6.45, 7) is 1.67.